The Morgan fingerprint density at radius 3 is 1.17 bits per heavy atom. The van der Waals surface area contributed by atoms with Crippen molar-refractivity contribution in [2.24, 2.45) is 0 Å². The third-order valence-electron chi connectivity index (χ3n) is 6.95. The first-order chi connectivity index (χ1) is 25.0. The maximum absolute atomic E-state index is 13.3. The number of hydrogen-bond acceptors (Lipinski definition) is 12. The van der Waals surface area contributed by atoms with Gasteiger partial charge in [0, 0.05) is 40.1 Å². The summed E-state index contributed by atoms with van der Waals surface area (Å²) in [6, 6.07) is 0. The zero-order valence-electron chi connectivity index (χ0n) is 29.2. The van der Waals surface area contributed by atoms with Crippen molar-refractivity contribution < 1.29 is 58.0 Å². The molecule has 0 bridgehead atoms. The lowest BCUT2D eigenvalue weighted by Gasteiger charge is -2.22. The van der Waals surface area contributed by atoms with Crippen molar-refractivity contribution in [3.63, 3.8) is 0 Å². The summed E-state index contributed by atoms with van der Waals surface area (Å²) < 4.78 is 18.6. The second-order valence-electron chi connectivity index (χ2n) is 11.3. The van der Waals surface area contributed by atoms with Crippen molar-refractivity contribution in [1.82, 2.24) is 0 Å². The van der Waals surface area contributed by atoms with E-state index < -0.39 is 66.0 Å². The molecule has 0 aliphatic carbocycles. The number of carbonyl (C=O) groups excluding carboxylic acids is 7. The van der Waals surface area contributed by atoms with Gasteiger partial charge in [-0.1, -0.05) is 0 Å². The highest BCUT2D eigenvalue weighted by Crippen LogP contribution is 2.41. The number of aliphatic hydroxyl groups excluding tert-OH is 2. The number of esters is 3. The number of hydrogen-bond donors (Lipinski definition) is 6. The zero-order chi connectivity index (χ0) is 41.4. The summed E-state index contributed by atoms with van der Waals surface area (Å²) >= 11 is 11.8. The van der Waals surface area contributed by atoms with Gasteiger partial charge in [-0.2, -0.15) is 0 Å². The van der Waals surface area contributed by atoms with Gasteiger partial charge in [0.25, 0.3) is 23.6 Å². The van der Waals surface area contributed by atoms with Gasteiger partial charge < -0.3 is 45.7 Å². The fourth-order valence-corrected chi connectivity index (χ4v) is 12.4. The summed E-state index contributed by atoms with van der Waals surface area (Å²) in [4.78, 5) is 87.2. The quantitative estimate of drug-likeness (QED) is 0.0747. The molecule has 0 heterocycles. The van der Waals surface area contributed by atoms with Crippen LogP contribution in [0.25, 0.3) is 0 Å². The van der Waals surface area contributed by atoms with Gasteiger partial charge in [0.2, 0.25) is 0 Å². The van der Waals surface area contributed by atoms with Crippen molar-refractivity contribution in [1.29, 1.82) is 0 Å². The average molecular weight is 1430 g/mol. The second kappa shape index (κ2) is 22.3. The van der Waals surface area contributed by atoms with Crippen molar-refractivity contribution in [2.75, 3.05) is 21.3 Å². The Balaban J connectivity index is 2.51. The minimum Gasteiger partial charge on any atom is -0.461 e. The van der Waals surface area contributed by atoms with Crippen molar-refractivity contribution in [3.05, 3.63) is 32.5 Å². The molecule has 2 aromatic carbocycles. The smallest absolute Gasteiger partial charge is 0.306 e. The minimum absolute atomic E-state index is 0.0727. The average Bonchev–Trinajstić information content (AvgIpc) is 3.07. The van der Waals surface area contributed by atoms with Crippen LogP contribution in [0.15, 0.2) is 0 Å². The van der Waals surface area contributed by atoms with Gasteiger partial charge in [-0.15, -0.1) is 0 Å². The summed E-state index contributed by atoms with van der Waals surface area (Å²) in [6.45, 7) is 7.42. The minimum atomic E-state index is -1.35. The van der Waals surface area contributed by atoms with Crippen LogP contribution in [0.3, 0.4) is 0 Å². The first-order valence-electron chi connectivity index (χ1n) is 15.5. The first-order valence-corrected chi connectivity index (χ1v) is 21.9. The molecule has 2 aromatic rings. The van der Waals surface area contributed by atoms with E-state index in [4.69, 9.17) is 14.2 Å². The molecular weight excluding hydrogens is 1390 g/mol. The number of amides is 4. The van der Waals surface area contributed by atoms with Crippen LogP contribution < -0.4 is 21.3 Å². The van der Waals surface area contributed by atoms with Gasteiger partial charge in [0.05, 0.1) is 29.9 Å². The maximum Gasteiger partial charge on any atom is 0.306 e. The van der Waals surface area contributed by atoms with Gasteiger partial charge in [-0.05, 0) is 175 Å². The van der Waals surface area contributed by atoms with Crippen LogP contribution in [0.2, 0.25) is 0 Å². The Morgan fingerprint density at radius 1 is 0.537 bits per heavy atom. The SMILES string of the molecule is CC(=O)OC(C)C(=O)Nc1c(I)c(CCC(=O)OCc2c(I)c(NC(=O)C(C)O)c(I)c(NC(=O)C(C)O)c2I)c(I)c(NC(=O)C(C)OC(C)=O)c1I. The number of carbonyl (C=O) groups is 7. The Bertz CT molecular complexity index is 1740. The Kier molecular flexibility index (Phi) is 20.3. The largest absolute Gasteiger partial charge is 0.461 e. The number of ether oxygens (including phenoxy) is 3. The van der Waals surface area contributed by atoms with Crippen molar-refractivity contribution in [2.45, 2.75) is 85.4 Å². The Hall–Kier alpha value is -0.970. The van der Waals surface area contributed by atoms with E-state index in [1.54, 1.807) is 0 Å². The molecule has 54 heavy (non-hydrogen) atoms. The van der Waals surface area contributed by atoms with Crippen molar-refractivity contribution >= 4 is 200 Å². The van der Waals surface area contributed by atoms with Crippen LogP contribution in [0, 0.1) is 21.4 Å². The molecule has 0 aliphatic rings. The number of benzene rings is 2. The molecule has 4 unspecified atom stereocenters. The highest BCUT2D eigenvalue weighted by molar-refractivity contribution is 14.1. The summed E-state index contributed by atoms with van der Waals surface area (Å²) in [5, 5.41) is 30.4. The molecule has 0 fully saturated rings. The zero-order valence-corrected chi connectivity index (χ0v) is 42.1. The van der Waals surface area contributed by atoms with E-state index in [2.05, 4.69) is 21.3 Å². The van der Waals surface area contributed by atoms with E-state index in [-0.39, 0.29) is 42.2 Å². The van der Waals surface area contributed by atoms with Gasteiger partial charge >= 0.3 is 17.9 Å². The molecule has 296 valence electrons. The lowest BCUT2D eigenvalue weighted by atomic mass is 10.1. The maximum atomic E-state index is 13.3. The number of aliphatic hydroxyl groups is 2. The van der Waals surface area contributed by atoms with Crippen LogP contribution in [0.5, 0.6) is 0 Å². The summed E-state index contributed by atoms with van der Waals surface area (Å²) in [5.74, 6) is -4.67. The molecule has 0 saturated carbocycles. The van der Waals surface area contributed by atoms with Gasteiger partial charge in [0.15, 0.2) is 12.2 Å². The Morgan fingerprint density at radius 2 is 0.852 bits per heavy atom. The lowest BCUT2D eigenvalue weighted by molar-refractivity contribution is -0.151. The van der Waals surface area contributed by atoms with E-state index in [0.717, 1.165) is 0 Å². The number of halogens is 6. The predicted octanol–water partition coefficient (Wildman–Crippen LogP) is 5.41. The molecule has 4 atom stereocenters. The molecule has 2 rings (SSSR count). The van der Waals surface area contributed by atoms with E-state index in [9.17, 15) is 43.8 Å². The fraction of sp³-hybridized carbons (Fsp3) is 0.406. The highest BCUT2D eigenvalue weighted by atomic mass is 127. The first kappa shape index (κ1) is 49.2. The molecule has 4 amide bonds. The van der Waals surface area contributed by atoms with Gasteiger partial charge in [-0.25, -0.2) is 0 Å². The molecule has 0 spiro atoms. The fourth-order valence-electron chi connectivity index (χ4n) is 4.18. The second-order valence-corrected chi connectivity index (χ2v) is 17.8. The molecule has 0 aromatic heterocycles. The Labute approximate surface area is 392 Å². The van der Waals surface area contributed by atoms with Crippen molar-refractivity contribution in [3.8, 4) is 0 Å². The number of rotatable bonds is 15. The van der Waals surface area contributed by atoms with Gasteiger partial charge in [0.1, 0.15) is 18.8 Å². The highest BCUT2D eigenvalue weighted by Gasteiger charge is 2.28. The topological polar surface area (TPSA) is 236 Å². The van der Waals surface area contributed by atoms with E-state index in [1.165, 1.54) is 41.5 Å². The van der Waals surface area contributed by atoms with Gasteiger partial charge in [-0.3, -0.25) is 33.6 Å². The third-order valence-corrected chi connectivity index (χ3v) is 13.9. The standard InChI is InChI=1S/C32H34I6N4O12/c1-10(43)29(48)39-27-21(35)17(22(36)28(24(27)38)40-30(49)11(2)44)9-52-18(47)8-7-16-19(33)25(41-31(50)12(3)53-14(5)45)23(37)26(20(16)34)42-32(51)13(4)54-15(6)46/h10-13,43-44H,7-9H2,1-6H3,(H,39,48)(H,40,49)(H,41,50)(H,42,51). The normalized spacial score (nSPS) is 13.1. The van der Waals surface area contributed by atoms with Crippen LogP contribution in [-0.2, 0) is 60.8 Å². The van der Waals surface area contributed by atoms with Crippen LogP contribution in [-0.4, -0.2) is 76.2 Å². The molecule has 16 nitrogen and oxygen atoms in total. The molecule has 0 saturated heterocycles. The molecule has 6 N–H and O–H groups in total. The predicted molar refractivity (Wildman–Crippen MR) is 248 cm³/mol. The molecule has 0 aliphatic heterocycles. The van der Waals surface area contributed by atoms with E-state index in [1.807, 2.05) is 136 Å². The van der Waals surface area contributed by atoms with Crippen LogP contribution in [0.4, 0.5) is 22.7 Å². The summed E-state index contributed by atoms with van der Waals surface area (Å²) in [5.41, 5.74) is 2.07. The lowest BCUT2D eigenvalue weighted by Crippen LogP contribution is -2.31. The van der Waals surface area contributed by atoms with E-state index in [0.29, 0.717) is 32.5 Å². The summed E-state index contributed by atoms with van der Waals surface area (Å²) in [7, 11) is 0. The molecule has 22 heteroatoms. The van der Waals surface area contributed by atoms with Crippen LogP contribution >= 0.6 is 136 Å². The number of nitrogens with one attached hydrogen (secondary N) is 4. The molecular formula is C32H34I6N4O12. The monoisotopic (exact) mass is 1430 g/mol. The third kappa shape index (κ3) is 13.6. The molecule has 0 radical (unpaired) electrons. The van der Waals surface area contributed by atoms with E-state index >= 15 is 0 Å². The van der Waals surface area contributed by atoms with Crippen LogP contribution in [0.1, 0.15) is 59.1 Å². The summed E-state index contributed by atoms with van der Waals surface area (Å²) in [6.07, 6.45) is -5.10. The number of anilines is 4.